The highest BCUT2D eigenvalue weighted by Gasteiger charge is 2.15. The number of hydrogen-bond donors (Lipinski definition) is 2. The molecule has 0 bridgehead atoms. The van der Waals surface area contributed by atoms with Gasteiger partial charge in [-0.15, -0.1) is 0 Å². The first-order chi connectivity index (χ1) is 8.20. The average Bonchev–Trinajstić information content (AvgIpc) is 2.32. The zero-order valence-corrected chi connectivity index (χ0v) is 9.61. The van der Waals surface area contributed by atoms with Gasteiger partial charge in [0, 0.05) is 12.1 Å². The molecule has 0 spiro atoms. The van der Waals surface area contributed by atoms with Crippen LogP contribution in [0.4, 0.5) is 4.39 Å². The van der Waals surface area contributed by atoms with Crippen LogP contribution in [0.5, 0.6) is 5.75 Å². The quantitative estimate of drug-likeness (QED) is 0.623. The topological polar surface area (TPSA) is 47.3 Å². The fourth-order valence-corrected chi connectivity index (χ4v) is 1.79. The lowest BCUT2D eigenvalue weighted by Crippen LogP contribution is -2.26. The SMILES string of the molecule is CC1=CC(Oc2ccccc2F)CC=C1NN. The van der Waals surface area contributed by atoms with Crippen LogP contribution < -0.4 is 16.0 Å². The monoisotopic (exact) mass is 234 g/mol. The summed E-state index contributed by atoms with van der Waals surface area (Å²) in [5, 5.41) is 0. The van der Waals surface area contributed by atoms with E-state index in [1.807, 2.05) is 19.1 Å². The molecule has 0 fully saturated rings. The highest BCUT2D eigenvalue weighted by Crippen LogP contribution is 2.23. The molecule has 1 aliphatic rings. The molecule has 4 heteroatoms. The summed E-state index contributed by atoms with van der Waals surface area (Å²) in [6.07, 6.45) is 4.40. The zero-order valence-electron chi connectivity index (χ0n) is 9.61. The Morgan fingerprint density at radius 2 is 2.18 bits per heavy atom. The van der Waals surface area contributed by atoms with Crippen molar-refractivity contribution >= 4 is 0 Å². The van der Waals surface area contributed by atoms with Gasteiger partial charge in [-0.1, -0.05) is 18.2 Å². The van der Waals surface area contributed by atoms with Crippen molar-refractivity contribution in [3.63, 3.8) is 0 Å². The molecule has 17 heavy (non-hydrogen) atoms. The van der Waals surface area contributed by atoms with Crippen LogP contribution in [0.3, 0.4) is 0 Å². The Morgan fingerprint density at radius 1 is 1.41 bits per heavy atom. The summed E-state index contributed by atoms with van der Waals surface area (Å²) in [5.41, 5.74) is 4.50. The number of halogens is 1. The minimum atomic E-state index is -0.342. The summed E-state index contributed by atoms with van der Waals surface area (Å²) in [4.78, 5) is 0. The van der Waals surface area contributed by atoms with Crippen molar-refractivity contribution in [2.45, 2.75) is 19.4 Å². The van der Waals surface area contributed by atoms with Gasteiger partial charge in [-0.25, -0.2) is 4.39 Å². The second-order valence-corrected chi connectivity index (χ2v) is 3.93. The summed E-state index contributed by atoms with van der Waals surface area (Å²) in [6.45, 7) is 1.93. The van der Waals surface area contributed by atoms with Crippen LogP contribution in [0.15, 0.2) is 47.7 Å². The van der Waals surface area contributed by atoms with Gasteiger partial charge in [0.2, 0.25) is 0 Å². The Labute approximate surface area is 99.7 Å². The Bertz CT molecular complexity index is 468. The van der Waals surface area contributed by atoms with Crippen LogP contribution in [-0.2, 0) is 0 Å². The van der Waals surface area contributed by atoms with Crippen molar-refractivity contribution in [2.75, 3.05) is 0 Å². The van der Waals surface area contributed by atoms with Crippen molar-refractivity contribution in [2.24, 2.45) is 5.84 Å². The maximum absolute atomic E-state index is 13.4. The van der Waals surface area contributed by atoms with Crippen LogP contribution in [0.25, 0.3) is 0 Å². The van der Waals surface area contributed by atoms with Crippen molar-refractivity contribution in [1.82, 2.24) is 5.43 Å². The number of hydrazine groups is 1. The van der Waals surface area contributed by atoms with Gasteiger partial charge >= 0.3 is 0 Å². The van der Waals surface area contributed by atoms with E-state index in [0.29, 0.717) is 6.42 Å². The minimum absolute atomic E-state index is 0.149. The Kier molecular flexibility index (Phi) is 3.44. The molecule has 0 amide bonds. The molecule has 0 radical (unpaired) electrons. The van der Waals surface area contributed by atoms with Crippen LogP contribution in [0.2, 0.25) is 0 Å². The number of benzene rings is 1. The highest BCUT2D eigenvalue weighted by molar-refractivity contribution is 5.33. The van der Waals surface area contributed by atoms with Gasteiger partial charge in [-0.05, 0) is 30.7 Å². The first-order valence-electron chi connectivity index (χ1n) is 5.47. The van der Waals surface area contributed by atoms with E-state index in [1.165, 1.54) is 6.07 Å². The van der Waals surface area contributed by atoms with Gasteiger partial charge in [0.1, 0.15) is 6.10 Å². The van der Waals surface area contributed by atoms with Gasteiger partial charge in [0.25, 0.3) is 0 Å². The third kappa shape index (κ3) is 2.65. The number of rotatable bonds is 3. The Hall–Kier alpha value is -1.81. The minimum Gasteiger partial charge on any atom is -0.483 e. The smallest absolute Gasteiger partial charge is 0.165 e. The van der Waals surface area contributed by atoms with Crippen LogP contribution in [0, 0.1) is 5.82 Å². The van der Waals surface area contributed by atoms with E-state index in [1.54, 1.807) is 18.2 Å². The lowest BCUT2D eigenvalue weighted by Gasteiger charge is -2.21. The number of nitrogens with one attached hydrogen (secondary N) is 1. The maximum atomic E-state index is 13.4. The van der Waals surface area contributed by atoms with Crippen LogP contribution >= 0.6 is 0 Å². The van der Waals surface area contributed by atoms with E-state index in [4.69, 9.17) is 10.6 Å². The second kappa shape index (κ2) is 5.01. The van der Waals surface area contributed by atoms with Crippen molar-refractivity contribution in [3.05, 3.63) is 53.5 Å². The predicted octanol–water partition coefficient (Wildman–Crippen LogP) is 2.27. The molecule has 1 atom stereocenters. The molecule has 0 saturated carbocycles. The molecule has 1 aromatic carbocycles. The standard InChI is InChI=1S/C13H15FN2O/c1-9-8-10(6-7-12(9)16-15)17-13-5-3-2-4-11(13)14/h2-5,7-8,10,16H,6,15H2,1H3. The summed E-state index contributed by atoms with van der Waals surface area (Å²) >= 11 is 0. The van der Waals surface area contributed by atoms with Crippen molar-refractivity contribution in [1.29, 1.82) is 0 Å². The molecule has 3 N–H and O–H groups in total. The van der Waals surface area contributed by atoms with E-state index >= 15 is 0 Å². The molecular weight excluding hydrogens is 219 g/mol. The maximum Gasteiger partial charge on any atom is 0.165 e. The van der Waals surface area contributed by atoms with Gasteiger partial charge in [0.05, 0.1) is 0 Å². The van der Waals surface area contributed by atoms with E-state index < -0.39 is 0 Å². The molecule has 2 rings (SSSR count). The predicted molar refractivity (Wildman–Crippen MR) is 64.6 cm³/mol. The number of para-hydroxylation sites is 1. The summed E-state index contributed by atoms with van der Waals surface area (Å²) in [6, 6.07) is 6.40. The lowest BCUT2D eigenvalue weighted by atomic mass is 10.0. The summed E-state index contributed by atoms with van der Waals surface area (Å²) in [5.74, 6) is 5.29. The van der Waals surface area contributed by atoms with E-state index in [2.05, 4.69) is 5.43 Å². The molecular formula is C13H15FN2O. The highest BCUT2D eigenvalue weighted by atomic mass is 19.1. The normalized spacial score (nSPS) is 19.4. The first kappa shape index (κ1) is 11.7. The second-order valence-electron chi connectivity index (χ2n) is 3.93. The Balaban J connectivity index is 2.08. The summed E-state index contributed by atoms with van der Waals surface area (Å²) < 4.78 is 19.0. The molecule has 3 nitrogen and oxygen atoms in total. The van der Waals surface area contributed by atoms with Gasteiger partial charge < -0.3 is 10.2 Å². The molecule has 1 aliphatic carbocycles. The number of ether oxygens (including phenoxy) is 1. The van der Waals surface area contributed by atoms with Crippen molar-refractivity contribution in [3.8, 4) is 5.75 Å². The van der Waals surface area contributed by atoms with Gasteiger partial charge in [-0.3, -0.25) is 5.84 Å². The fourth-order valence-electron chi connectivity index (χ4n) is 1.79. The van der Waals surface area contributed by atoms with Crippen LogP contribution in [0.1, 0.15) is 13.3 Å². The number of nitrogens with two attached hydrogens (primary N) is 1. The average molecular weight is 234 g/mol. The third-order valence-corrected chi connectivity index (χ3v) is 2.69. The van der Waals surface area contributed by atoms with Gasteiger partial charge in [-0.2, -0.15) is 0 Å². The van der Waals surface area contributed by atoms with E-state index in [9.17, 15) is 4.39 Å². The van der Waals surface area contributed by atoms with E-state index in [0.717, 1.165) is 11.3 Å². The molecule has 0 aliphatic heterocycles. The Morgan fingerprint density at radius 3 is 2.82 bits per heavy atom. The van der Waals surface area contributed by atoms with Crippen LogP contribution in [-0.4, -0.2) is 6.10 Å². The molecule has 1 aromatic rings. The third-order valence-electron chi connectivity index (χ3n) is 2.69. The summed E-state index contributed by atoms with van der Waals surface area (Å²) in [7, 11) is 0. The number of allylic oxidation sites excluding steroid dienone is 1. The first-order valence-corrected chi connectivity index (χ1v) is 5.47. The molecule has 1 unspecified atom stereocenters. The lowest BCUT2D eigenvalue weighted by molar-refractivity contribution is 0.238. The molecule has 0 heterocycles. The van der Waals surface area contributed by atoms with Crippen molar-refractivity contribution < 1.29 is 9.13 Å². The molecule has 0 saturated heterocycles. The van der Waals surface area contributed by atoms with Gasteiger partial charge in [0.15, 0.2) is 11.6 Å². The van der Waals surface area contributed by atoms with E-state index in [-0.39, 0.29) is 17.7 Å². The largest absolute Gasteiger partial charge is 0.483 e. The number of hydrogen-bond acceptors (Lipinski definition) is 3. The zero-order chi connectivity index (χ0) is 12.3. The molecule has 90 valence electrons. The molecule has 0 aromatic heterocycles. The fraction of sp³-hybridized carbons (Fsp3) is 0.231.